The fourth-order valence-electron chi connectivity index (χ4n) is 2.56. The number of rotatable bonds is 2. The fourth-order valence-corrected chi connectivity index (χ4v) is 2.56. The van der Waals surface area contributed by atoms with Crippen molar-refractivity contribution in [3.8, 4) is 0 Å². The molecule has 0 aliphatic carbocycles. The van der Waals surface area contributed by atoms with E-state index in [4.69, 9.17) is 0 Å². The van der Waals surface area contributed by atoms with Crippen molar-refractivity contribution in [1.29, 1.82) is 0 Å². The first-order chi connectivity index (χ1) is 9.03. The number of fused-ring (bicyclic) bond motifs is 1. The molecule has 2 unspecified atom stereocenters. The van der Waals surface area contributed by atoms with Crippen molar-refractivity contribution < 1.29 is 13.6 Å². The third kappa shape index (κ3) is 3.06. The number of carbonyl (C=O) groups excluding carboxylic acids is 1. The highest BCUT2D eigenvalue weighted by Gasteiger charge is 2.42. The summed E-state index contributed by atoms with van der Waals surface area (Å²) in [7, 11) is 0. The van der Waals surface area contributed by atoms with E-state index in [9.17, 15) is 13.6 Å². The number of halogens is 3. The summed E-state index contributed by atoms with van der Waals surface area (Å²) >= 11 is 0. The smallest absolute Gasteiger partial charge is 0.262 e. The van der Waals surface area contributed by atoms with Crippen molar-refractivity contribution >= 4 is 18.3 Å². The van der Waals surface area contributed by atoms with Gasteiger partial charge in [0, 0.05) is 18.9 Å². The number of carbonyl (C=O) groups is 1. The minimum Gasteiger partial charge on any atom is -0.350 e. The Hall–Kier alpha value is -1.28. The van der Waals surface area contributed by atoms with Gasteiger partial charge in [0.25, 0.3) is 5.92 Å². The Kier molecular flexibility index (Phi) is 4.24. The molecule has 1 amide bonds. The number of nitrogens with zero attached hydrogens (tertiary/aromatic N) is 3. The number of alkyl halides is 2. The summed E-state index contributed by atoms with van der Waals surface area (Å²) in [5, 5.41) is 9.41. The summed E-state index contributed by atoms with van der Waals surface area (Å²) in [6, 6.07) is -0.870. The van der Waals surface area contributed by atoms with Crippen molar-refractivity contribution in [1.82, 2.24) is 25.4 Å². The Labute approximate surface area is 120 Å². The average Bonchev–Trinajstić information content (AvgIpc) is 2.94. The molecule has 0 spiro atoms. The van der Waals surface area contributed by atoms with Gasteiger partial charge in [-0.05, 0) is 6.42 Å². The highest BCUT2D eigenvalue weighted by Crippen LogP contribution is 2.25. The van der Waals surface area contributed by atoms with Gasteiger partial charge in [0.1, 0.15) is 12.2 Å². The van der Waals surface area contributed by atoms with Crippen molar-refractivity contribution in [3.05, 3.63) is 12.2 Å². The molecule has 2 aliphatic heterocycles. The number of aryl methyl sites for hydroxylation is 1. The SMILES string of the molecule is Cl.O=C(NC1CCc2ncnn2C1)C1CC(F)(F)CN1. The molecule has 2 aliphatic rings. The van der Waals surface area contributed by atoms with Crippen LogP contribution in [0.2, 0.25) is 0 Å². The lowest BCUT2D eigenvalue weighted by molar-refractivity contribution is -0.124. The Bertz CT molecular complexity index is 495. The summed E-state index contributed by atoms with van der Waals surface area (Å²) < 4.78 is 27.8. The first-order valence-electron chi connectivity index (χ1n) is 6.32. The third-order valence-corrected chi connectivity index (χ3v) is 3.58. The molecule has 9 heteroatoms. The molecule has 3 heterocycles. The molecule has 20 heavy (non-hydrogen) atoms. The highest BCUT2D eigenvalue weighted by molar-refractivity contribution is 5.85. The lowest BCUT2D eigenvalue weighted by atomic mass is 10.1. The van der Waals surface area contributed by atoms with Gasteiger partial charge < -0.3 is 5.32 Å². The number of nitrogens with one attached hydrogen (secondary N) is 2. The first kappa shape index (κ1) is 15.1. The van der Waals surface area contributed by atoms with E-state index in [1.807, 2.05) is 0 Å². The molecule has 112 valence electrons. The number of amides is 1. The minimum atomic E-state index is -2.78. The molecule has 1 aromatic heterocycles. The van der Waals surface area contributed by atoms with E-state index >= 15 is 0 Å². The van der Waals surface area contributed by atoms with Crippen LogP contribution in [0.3, 0.4) is 0 Å². The molecular weight excluding hydrogens is 292 g/mol. The van der Waals surface area contributed by atoms with Crippen LogP contribution in [0.1, 0.15) is 18.7 Å². The Morgan fingerprint density at radius 3 is 3.05 bits per heavy atom. The maximum absolute atomic E-state index is 13.0. The fraction of sp³-hybridized carbons (Fsp3) is 0.727. The van der Waals surface area contributed by atoms with Gasteiger partial charge >= 0.3 is 0 Å². The molecule has 0 aromatic carbocycles. The number of hydrogen-bond donors (Lipinski definition) is 2. The summed E-state index contributed by atoms with van der Waals surface area (Å²) in [6.45, 7) is 0.118. The molecule has 1 aromatic rings. The first-order valence-corrected chi connectivity index (χ1v) is 6.32. The van der Waals surface area contributed by atoms with Gasteiger partial charge in [-0.25, -0.2) is 18.4 Å². The molecule has 0 radical (unpaired) electrons. The molecule has 0 bridgehead atoms. The lowest BCUT2D eigenvalue weighted by Gasteiger charge is -2.24. The van der Waals surface area contributed by atoms with E-state index in [1.54, 1.807) is 4.68 Å². The van der Waals surface area contributed by atoms with Gasteiger partial charge in [-0.3, -0.25) is 10.1 Å². The lowest BCUT2D eigenvalue weighted by Crippen LogP contribution is -2.48. The standard InChI is InChI=1S/C11H15F2N5O.ClH/c12-11(13)3-8(14-5-11)10(19)17-7-1-2-9-15-6-16-18(9)4-7;/h6-8,14H,1-5H2,(H,17,19);1H. The summed E-state index contributed by atoms with van der Waals surface area (Å²) in [5.74, 6) is -2.24. The maximum Gasteiger partial charge on any atom is 0.262 e. The molecule has 6 nitrogen and oxygen atoms in total. The molecule has 2 N–H and O–H groups in total. The van der Waals surface area contributed by atoms with Gasteiger partial charge in [-0.2, -0.15) is 5.10 Å². The zero-order chi connectivity index (χ0) is 13.5. The molecule has 3 rings (SSSR count). The van der Waals surface area contributed by atoms with Crippen LogP contribution < -0.4 is 10.6 Å². The molecule has 2 atom stereocenters. The molecular formula is C11H16ClF2N5O. The van der Waals surface area contributed by atoms with Crippen molar-refractivity contribution in [2.45, 2.75) is 43.8 Å². The third-order valence-electron chi connectivity index (χ3n) is 3.58. The second-order valence-electron chi connectivity index (χ2n) is 5.10. The zero-order valence-electron chi connectivity index (χ0n) is 10.7. The van der Waals surface area contributed by atoms with Gasteiger partial charge in [0.05, 0.1) is 19.1 Å². The van der Waals surface area contributed by atoms with Crippen LogP contribution in [0.5, 0.6) is 0 Å². The van der Waals surface area contributed by atoms with Crippen molar-refractivity contribution in [2.24, 2.45) is 0 Å². The Morgan fingerprint density at radius 2 is 2.35 bits per heavy atom. The molecule has 0 saturated carbocycles. The van der Waals surface area contributed by atoms with Crippen LogP contribution >= 0.6 is 12.4 Å². The quantitative estimate of drug-likeness (QED) is 0.814. The Balaban J connectivity index is 0.00000147. The van der Waals surface area contributed by atoms with Crippen LogP contribution in [-0.2, 0) is 17.8 Å². The predicted octanol–water partition coefficient (Wildman–Crippen LogP) is 0.128. The normalized spacial score (nSPS) is 27.5. The second kappa shape index (κ2) is 5.61. The summed E-state index contributed by atoms with van der Waals surface area (Å²) in [4.78, 5) is 16.0. The average molecular weight is 308 g/mol. The van der Waals surface area contributed by atoms with Crippen LogP contribution in [0.25, 0.3) is 0 Å². The summed E-state index contributed by atoms with van der Waals surface area (Å²) in [6.07, 6.45) is 2.55. The van der Waals surface area contributed by atoms with Crippen LogP contribution in [0.15, 0.2) is 6.33 Å². The monoisotopic (exact) mass is 307 g/mol. The van der Waals surface area contributed by atoms with Crippen molar-refractivity contribution in [3.63, 3.8) is 0 Å². The Morgan fingerprint density at radius 1 is 1.55 bits per heavy atom. The van der Waals surface area contributed by atoms with E-state index in [0.717, 1.165) is 18.7 Å². The van der Waals surface area contributed by atoms with Crippen LogP contribution in [0, 0.1) is 0 Å². The molecule has 1 fully saturated rings. The largest absolute Gasteiger partial charge is 0.350 e. The maximum atomic E-state index is 13.0. The zero-order valence-corrected chi connectivity index (χ0v) is 11.5. The molecule has 1 saturated heterocycles. The minimum absolute atomic E-state index is 0. The van der Waals surface area contributed by atoms with E-state index in [0.29, 0.717) is 6.54 Å². The second-order valence-corrected chi connectivity index (χ2v) is 5.10. The van der Waals surface area contributed by atoms with Gasteiger partial charge in [0.15, 0.2) is 0 Å². The predicted molar refractivity (Wildman–Crippen MR) is 68.9 cm³/mol. The number of hydrogen-bond acceptors (Lipinski definition) is 4. The van der Waals surface area contributed by atoms with Crippen LogP contribution in [0.4, 0.5) is 8.78 Å². The van der Waals surface area contributed by atoms with Gasteiger partial charge in [-0.1, -0.05) is 0 Å². The summed E-state index contributed by atoms with van der Waals surface area (Å²) in [5.41, 5.74) is 0. The van der Waals surface area contributed by atoms with Gasteiger partial charge in [-0.15, -0.1) is 12.4 Å². The van der Waals surface area contributed by atoms with E-state index < -0.39 is 24.9 Å². The van der Waals surface area contributed by atoms with Crippen LogP contribution in [-0.4, -0.2) is 45.2 Å². The van der Waals surface area contributed by atoms with E-state index in [-0.39, 0.29) is 24.4 Å². The topological polar surface area (TPSA) is 71.8 Å². The van der Waals surface area contributed by atoms with E-state index in [1.165, 1.54) is 6.33 Å². The van der Waals surface area contributed by atoms with Crippen molar-refractivity contribution in [2.75, 3.05) is 6.54 Å². The highest BCUT2D eigenvalue weighted by atomic mass is 35.5. The van der Waals surface area contributed by atoms with Gasteiger partial charge in [0.2, 0.25) is 5.91 Å². The van der Waals surface area contributed by atoms with E-state index in [2.05, 4.69) is 20.7 Å². The number of aromatic nitrogens is 3.